The smallest absolute Gasteiger partial charge is 0.320 e. The Labute approximate surface area is 129 Å². The molecule has 2 aromatic rings. The molecule has 0 aliphatic rings. The summed E-state index contributed by atoms with van der Waals surface area (Å²) in [5.41, 5.74) is -0.549. The first-order chi connectivity index (χ1) is 10.3. The Morgan fingerprint density at radius 1 is 1.45 bits per heavy atom. The zero-order chi connectivity index (χ0) is 16.3. The maximum absolute atomic E-state index is 12.0. The van der Waals surface area contributed by atoms with Gasteiger partial charge in [0.05, 0.1) is 18.9 Å². The second-order valence-electron chi connectivity index (χ2n) is 5.74. The number of hydrogen-bond acceptors (Lipinski definition) is 4. The number of carbonyl (C=O) groups excluding carboxylic acids is 1. The van der Waals surface area contributed by atoms with Crippen molar-refractivity contribution in [3.8, 4) is 0 Å². The van der Waals surface area contributed by atoms with Crippen LogP contribution in [0.4, 0.5) is 10.6 Å². The summed E-state index contributed by atoms with van der Waals surface area (Å²) in [6.07, 6.45) is 4.92. The fourth-order valence-corrected chi connectivity index (χ4v) is 2.04. The molecule has 0 radical (unpaired) electrons. The minimum atomic E-state index is -1.19. The Morgan fingerprint density at radius 2 is 2.18 bits per heavy atom. The highest BCUT2D eigenvalue weighted by Crippen LogP contribution is 2.18. The van der Waals surface area contributed by atoms with E-state index in [-0.39, 0.29) is 12.6 Å². The van der Waals surface area contributed by atoms with Crippen molar-refractivity contribution < 1.29 is 9.90 Å². The second kappa shape index (κ2) is 6.18. The quantitative estimate of drug-likeness (QED) is 0.774. The number of hydrogen-bond donors (Lipinski definition) is 3. The van der Waals surface area contributed by atoms with E-state index in [1.165, 1.54) is 0 Å². The van der Waals surface area contributed by atoms with Crippen molar-refractivity contribution in [1.29, 1.82) is 0 Å². The van der Waals surface area contributed by atoms with E-state index >= 15 is 0 Å². The van der Waals surface area contributed by atoms with Crippen LogP contribution in [0, 0.1) is 0 Å². The molecule has 22 heavy (non-hydrogen) atoms. The average Bonchev–Trinajstić information content (AvgIpc) is 3.06. The van der Waals surface area contributed by atoms with Gasteiger partial charge in [-0.2, -0.15) is 10.2 Å². The van der Waals surface area contributed by atoms with Crippen LogP contribution < -0.4 is 10.6 Å². The molecule has 0 saturated carbocycles. The van der Waals surface area contributed by atoms with Gasteiger partial charge in [-0.3, -0.25) is 10.00 Å². The normalized spacial score (nSPS) is 13.9. The molecule has 2 aromatic heterocycles. The summed E-state index contributed by atoms with van der Waals surface area (Å²) in [6, 6.07) is 1.47. The largest absolute Gasteiger partial charge is 0.383 e. The van der Waals surface area contributed by atoms with Crippen LogP contribution in [0.1, 0.15) is 32.4 Å². The molecule has 2 amide bonds. The number of rotatable bonds is 5. The zero-order valence-corrected chi connectivity index (χ0v) is 13.2. The van der Waals surface area contributed by atoms with Crippen LogP contribution in [0.3, 0.4) is 0 Å². The average molecular weight is 306 g/mol. The molecular weight excluding hydrogens is 284 g/mol. The number of urea groups is 1. The molecule has 0 spiro atoms. The molecule has 8 nitrogen and oxygen atoms in total. The van der Waals surface area contributed by atoms with E-state index in [0.29, 0.717) is 11.4 Å². The Morgan fingerprint density at radius 3 is 2.77 bits per heavy atom. The van der Waals surface area contributed by atoms with Gasteiger partial charge in [-0.25, -0.2) is 9.48 Å². The molecule has 0 bridgehead atoms. The number of aryl methyl sites for hydroxylation is 1. The number of amides is 2. The molecule has 1 atom stereocenters. The van der Waals surface area contributed by atoms with Crippen molar-refractivity contribution in [2.75, 3.05) is 11.9 Å². The van der Waals surface area contributed by atoms with Crippen LogP contribution in [0.2, 0.25) is 0 Å². The number of carbonyl (C=O) groups is 1. The van der Waals surface area contributed by atoms with E-state index in [4.69, 9.17) is 0 Å². The van der Waals surface area contributed by atoms with E-state index in [9.17, 15) is 9.90 Å². The van der Waals surface area contributed by atoms with E-state index in [1.807, 2.05) is 13.8 Å². The lowest BCUT2D eigenvalue weighted by Crippen LogP contribution is -2.40. The zero-order valence-electron chi connectivity index (χ0n) is 13.2. The molecule has 0 aliphatic carbocycles. The molecule has 2 heterocycles. The van der Waals surface area contributed by atoms with Gasteiger partial charge in [0.1, 0.15) is 11.4 Å². The summed E-state index contributed by atoms with van der Waals surface area (Å²) in [6.45, 7) is 5.65. The maximum Gasteiger partial charge on any atom is 0.320 e. The molecular formula is C14H22N6O2. The van der Waals surface area contributed by atoms with Crippen LogP contribution in [0.5, 0.6) is 0 Å². The van der Waals surface area contributed by atoms with Crippen LogP contribution in [0.25, 0.3) is 0 Å². The standard InChI is InChI=1S/C14H22N6O2/c1-10(2)20-12(5-6-16-20)18-13(21)15-9-14(3,22)11-7-17-19(4)8-11/h5-8,10,22H,9H2,1-4H3,(H2,15,18,21). The highest BCUT2D eigenvalue weighted by atomic mass is 16.3. The van der Waals surface area contributed by atoms with Gasteiger partial charge >= 0.3 is 6.03 Å². The Bertz CT molecular complexity index is 643. The molecule has 0 fully saturated rings. The summed E-state index contributed by atoms with van der Waals surface area (Å²) in [4.78, 5) is 12.0. The highest BCUT2D eigenvalue weighted by molar-refractivity contribution is 5.88. The monoisotopic (exact) mass is 306 g/mol. The summed E-state index contributed by atoms with van der Waals surface area (Å²) < 4.78 is 3.31. The third-order valence-corrected chi connectivity index (χ3v) is 3.32. The summed E-state index contributed by atoms with van der Waals surface area (Å²) in [5.74, 6) is 0.605. The Hall–Kier alpha value is -2.35. The van der Waals surface area contributed by atoms with Gasteiger partial charge in [-0.1, -0.05) is 0 Å². The van der Waals surface area contributed by atoms with E-state index in [0.717, 1.165) is 0 Å². The Balaban J connectivity index is 1.94. The first-order valence-electron chi connectivity index (χ1n) is 7.09. The third kappa shape index (κ3) is 3.64. The van der Waals surface area contributed by atoms with Crippen molar-refractivity contribution in [2.45, 2.75) is 32.4 Å². The fourth-order valence-electron chi connectivity index (χ4n) is 2.04. The van der Waals surface area contributed by atoms with Crippen molar-refractivity contribution in [3.05, 3.63) is 30.2 Å². The number of nitrogens with one attached hydrogen (secondary N) is 2. The molecule has 1 unspecified atom stereocenters. The molecule has 0 aromatic carbocycles. The van der Waals surface area contributed by atoms with Gasteiger partial charge in [0.15, 0.2) is 0 Å². The summed E-state index contributed by atoms with van der Waals surface area (Å²) >= 11 is 0. The van der Waals surface area contributed by atoms with E-state index < -0.39 is 11.6 Å². The molecule has 0 saturated heterocycles. The lowest BCUT2D eigenvalue weighted by molar-refractivity contribution is 0.0599. The second-order valence-corrected chi connectivity index (χ2v) is 5.74. The highest BCUT2D eigenvalue weighted by Gasteiger charge is 2.25. The van der Waals surface area contributed by atoms with Crippen LogP contribution in [-0.2, 0) is 12.6 Å². The van der Waals surface area contributed by atoms with Crippen molar-refractivity contribution in [2.24, 2.45) is 7.05 Å². The lowest BCUT2D eigenvalue weighted by Gasteiger charge is -2.22. The van der Waals surface area contributed by atoms with Crippen LogP contribution in [0.15, 0.2) is 24.7 Å². The number of anilines is 1. The van der Waals surface area contributed by atoms with Gasteiger partial charge in [0.25, 0.3) is 0 Å². The number of aliphatic hydroxyl groups is 1. The summed E-state index contributed by atoms with van der Waals surface area (Å²) in [5, 5.41) is 23.9. The molecule has 2 rings (SSSR count). The predicted molar refractivity (Wildman–Crippen MR) is 82.4 cm³/mol. The fraction of sp³-hybridized carbons (Fsp3) is 0.500. The number of aromatic nitrogens is 4. The summed E-state index contributed by atoms with van der Waals surface area (Å²) in [7, 11) is 1.77. The molecule has 8 heteroatoms. The molecule has 0 aliphatic heterocycles. The van der Waals surface area contributed by atoms with Crippen LogP contribution >= 0.6 is 0 Å². The van der Waals surface area contributed by atoms with Gasteiger partial charge in [0.2, 0.25) is 0 Å². The SMILES string of the molecule is CC(C)n1nccc1NC(=O)NCC(C)(O)c1cnn(C)c1. The first kappa shape index (κ1) is 16.0. The van der Waals surface area contributed by atoms with Gasteiger partial charge in [-0.15, -0.1) is 0 Å². The van der Waals surface area contributed by atoms with Crippen molar-refractivity contribution in [1.82, 2.24) is 24.9 Å². The van der Waals surface area contributed by atoms with E-state index in [2.05, 4.69) is 20.8 Å². The van der Waals surface area contributed by atoms with Crippen LogP contribution in [-0.4, -0.2) is 37.2 Å². The van der Waals surface area contributed by atoms with Gasteiger partial charge < -0.3 is 10.4 Å². The first-order valence-corrected chi connectivity index (χ1v) is 7.09. The van der Waals surface area contributed by atoms with Crippen molar-refractivity contribution in [3.63, 3.8) is 0 Å². The van der Waals surface area contributed by atoms with Gasteiger partial charge in [0, 0.05) is 30.9 Å². The lowest BCUT2D eigenvalue weighted by atomic mass is 10.00. The maximum atomic E-state index is 12.0. The molecule has 120 valence electrons. The minimum Gasteiger partial charge on any atom is -0.383 e. The predicted octanol–water partition coefficient (Wildman–Crippen LogP) is 1.23. The van der Waals surface area contributed by atoms with Crippen molar-refractivity contribution >= 4 is 11.8 Å². The third-order valence-electron chi connectivity index (χ3n) is 3.32. The van der Waals surface area contributed by atoms with Gasteiger partial charge in [-0.05, 0) is 20.8 Å². The topological polar surface area (TPSA) is 97.0 Å². The Kier molecular flexibility index (Phi) is 4.51. The van der Waals surface area contributed by atoms with E-state index in [1.54, 1.807) is 48.0 Å². The molecule has 3 N–H and O–H groups in total. The minimum absolute atomic E-state index is 0.0698. The number of nitrogens with zero attached hydrogens (tertiary/aromatic N) is 4.